The van der Waals surface area contributed by atoms with E-state index in [-0.39, 0.29) is 6.04 Å². The molecule has 5 heteroatoms. The van der Waals surface area contributed by atoms with E-state index in [2.05, 4.69) is 131 Å². The Kier molecular flexibility index (Phi) is 6.20. The van der Waals surface area contributed by atoms with Crippen molar-refractivity contribution in [2.45, 2.75) is 12.5 Å². The summed E-state index contributed by atoms with van der Waals surface area (Å²) in [5, 5.41) is 1.23. The minimum Gasteiger partial charge on any atom is -0.333 e. The molecular weight excluding hydrogens is 562 g/mol. The first kappa shape index (κ1) is 26.3. The third-order valence-corrected chi connectivity index (χ3v) is 8.90. The van der Waals surface area contributed by atoms with Crippen LogP contribution < -0.4 is 4.90 Å². The molecule has 5 nitrogen and oxygen atoms in total. The highest BCUT2D eigenvalue weighted by atomic mass is 15.3. The van der Waals surface area contributed by atoms with Gasteiger partial charge in [-0.2, -0.15) is 9.97 Å². The number of hydrogen-bond donors (Lipinski definition) is 0. The number of hydrogen-bond acceptors (Lipinski definition) is 4. The second-order valence-electron chi connectivity index (χ2n) is 11.6. The Morgan fingerprint density at radius 3 is 1.80 bits per heavy atom. The molecule has 0 saturated carbocycles. The minimum atomic E-state index is 0.192. The lowest BCUT2D eigenvalue weighted by atomic mass is 9.98. The van der Waals surface area contributed by atoms with Crippen LogP contribution in [0, 0.1) is 0 Å². The van der Waals surface area contributed by atoms with Crippen molar-refractivity contribution < 1.29 is 0 Å². The van der Waals surface area contributed by atoms with Crippen LogP contribution >= 0.6 is 0 Å². The smallest absolute Gasteiger partial charge is 0.238 e. The number of benzene rings is 5. The van der Waals surface area contributed by atoms with E-state index < -0.39 is 0 Å². The quantitative estimate of drug-likeness (QED) is 0.204. The molecule has 1 atom stereocenters. The zero-order valence-electron chi connectivity index (χ0n) is 25.0. The zero-order chi connectivity index (χ0) is 30.5. The van der Waals surface area contributed by atoms with Crippen molar-refractivity contribution in [2.24, 2.45) is 0 Å². The molecule has 0 bridgehead atoms. The molecule has 0 amide bonds. The van der Waals surface area contributed by atoms with Gasteiger partial charge in [0.2, 0.25) is 5.95 Å². The van der Waals surface area contributed by atoms with Gasteiger partial charge >= 0.3 is 0 Å². The summed E-state index contributed by atoms with van der Waals surface area (Å²) in [6.07, 6.45) is 9.81. The molecule has 1 aliphatic carbocycles. The molecule has 0 fully saturated rings. The van der Waals surface area contributed by atoms with Crippen LogP contribution in [0.1, 0.15) is 12.5 Å². The Morgan fingerprint density at radius 1 is 0.543 bits per heavy atom. The molecule has 2 aliphatic rings. The Hall–Kier alpha value is -6.07. The monoisotopic (exact) mass is 591 g/mol. The summed E-state index contributed by atoms with van der Waals surface area (Å²) in [6.45, 7) is 0. The number of anilines is 3. The van der Waals surface area contributed by atoms with Gasteiger partial charge in [-0.05, 0) is 24.6 Å². The van der Waals surface area contributed by atoms with E-state index >= 15 is 0 Å². The molecule has 3 heterocycles. The van der Waals surface area contributed by atoms with Crippen molar-refractivity contribution in [3.05, 3.63) is 158 Å². The molecule has 218 valence electrons. The number of para-hydroxylation sites is 3. The number of allylic oxidation sites excluding steroid dienone is 4. The van der Waals surface area contributed by atoms with E-state index in [9.17, 15) is 0 Å². The molecule has 9 rings (SSSR count). The molecular formula is C41H29N5. The third kappa shape index (κ3) is 4.20. The fourth-order valence-corrected chi connectivity index (χ4v) is 6.90. The van der Waals surface area contributed by atoms with Crippen molar-refractivity contribution in [2.75, 3.05) is 4.90 Å². The van der Waals surface area contributed by atoms with Crippen molar-refractivity contribution in [3.8, 4) is 45.2 Å². The van der Waals surface area contributed by atoms with E-state index in [4.69, 9.17) is 15.0 Å². The molecule has 5 aromatic carbocycles. The average Bonchev–Trinajstić information content (AvgIpc) is 3.42. The third-order valence-electron chi connectivity index (χ3n) is 8.90. The Morgan fingerprint density at radius 2 is 1.13 bits per heavy atom. The van der Waals surface area contributed by atoms with Gasteiger partial charge in [-0.15, -0.1) is 0 Å². The molecule has 46 heavy (non-hydrogen) atoms. The topological polar surface area (TPSA) is 46.8 Å². The maximum Gasteiger partial charge on any atom is 0.238 e. The summed E-state index contributed by atoms with van der Waals surface area (Å²) in [6, 6.07) is 46.6. The van der Waals surface area contributed by atoms with Crippen molar-refractivity contribution >= 4 is 28.2 Å². The van der Waals surface area contributed by atoms with Gasteiger partial charge in [0.05, 0.1) is 23.1 Å². The highest BCUT2D eigenvalue weighted by Gasteiger charge is 2.33. The van der Waals surface area contributed by atoms with Crippen molar-refractivity contribution in [1.82, 2.24) is 19.5 Å². The van der Waals surface area contributed by atoms with E-state index in [1.807, 2.05) is 36.4 Å². The standard InChI is InChI=1S/C41H29N5/c1-4-16-28(17-5-1)39-42-40(29-18-6-2-7-19-29)44-41(43-39)46-35-26-14-11-23-32(35)37-31-22-10-13-25-34(31)45(30-20-8-3-9-21-30)38(37)33-24-12-15-27-36(33)46/h1-20,22-27,30H,21H2. The van der Waals surface area contributed by atoms with E-state index in [0.717, 1.165) is 40.0 Å². The number of rotatable bonds is 4. The number of fused-ring (bicyclic) bond motifs is 7. The lowest BCUT2D eigenvalue weighted by Gasteiger charge is -2.26. The first-order valence-corrected chi connectivity index (χ1v) is 15.7. The van der Waals surface area contributed by atoms with Gasteiger partial charge in [-0.1, -0.05) is 140 Å². The summed E-state index contributed by atoms with van der Waals surface area (Å²) in [7, 11) is 0. The molecule has 0 N–H and O–H groups in total. The largest absolute Gasteiger partial charge is 0.333 e. The second-order valence-corrected chi connectivity index (χ2v) is 11.6. The fourth-order valence-electron chi connectivity index (χ4n) is 6.90. The lowest BCUT2D eigenvalue weighted by molar-refractivity contribution is 0.635. The van der Waals surface area contributed by atoms with Crippen LogP contribution in [0.3, 0.4) is 0 Å². The fraction of sp³-hybridized carbons (Fsp3) is 0.0488. The summed E-state index contributed by atoms with van der Waals surface area (Å²) in [5.74, 6) is 1.85. The average molecular weight is 592 g/mol. The van der Waals surface area contributed by atoms with Crippen LogP contribution in [-0.2, 0) is 0 Å². The van der Waals surface area contributed by atoms with E-state index in [1.165, 1.54) is 22.2 Å². The van der Waals surface area contributed by atoms with Crippen molar-refractivity contribution in [3.63, 3.8) is 0 Å². The normalized spacial score (nSPS) is 14.9. The van der Waals surface area contributed by atoms with Gasteiger partial charge in [0, 0.05) is 38.7 Å². The molecule has 7 aromatic rings. The molecule has 0 spiro atoms. The predicted molar refractivity (Wildman–Crippen MR) is 187 cm³/mol. The molecule has 0 saturated heterocycles. The molecule has 1 aliphatic heterocycles. The molecule has 2 aromatic heterocycles. The first-order valence-electron chi connectivity index (χ1n) is 15.7. The van der Waals surface area contributed by atoms with Gasteiger partial charge in [0.15, 0.2) is 11.6 Å². The summed E-state index contributed by atoms with van der Waals surface area (Å²) in [5.41, 5.74) is 9.88. The SMILES string of the molecule is C1=CCC(n2c3c(c4ccccc42)-c2ccccc2N(c2nc(-c4ccccc4)nc(-c4ccccc4)n2)c2ccccc2-3)C=C1. The van der Waals surface area contributed by atoms with Gasteiger partial charge in [0.1, 0.15) is 0 Å². The summed E-state index contributed by atoms with van der Waals surface area (Å²) >= 11 is 0. The number of nitrogens with zero attached hydrogens (tertiary/aromatic N) is 5. The second kappa shape index (κ2) is 10.8. The van der Waals surface area contributed by atoms with Crippen LogP contribution in [0.4, 0.5) is 17.3 Å². The lowest BCUT2D eigenvalue weighted by Crippen LogP contribution is -2.16. The van der Waals surface area contributed by atoms with Crippen LogP contribution in [0.15, 0.2) is 158 Å². The minimum absolute atomic E-state index is 0.192. The first-order chi connectivity index (χ1) is 22.8. The van der Waals surface area contributed by atoms with Gasteiger partial charge in [0.25, 0.3) is 0 Å². The highest BCUT2D eigenvalue weighted by Crippen LogP contribution is 2.54. The summed E-state index contributed by atoms with van der Waals surface area (Å²) in [4.78, 5) is 17.6. The van der Waals surface area contributed by atoms with Gasteiger partial charge in [-0.25, -0.2) is 4.98 Å². The highest BCUT2D eigenvalue weighted by molar-refractivity contribution is 6.12. The van der Waals surface area contributed by atoms with Crippen LogP contribution in [0.25, 0.3) is 56.1 Å². The van der Waals surface area contributed by atoms with Gasteiger partial charge in [-0.3, -0.25) is 4.90 Å². The predicted octanol–water partition coefficient (Wildman–Crippen LogP) is 10.3. The molecule has 1 unspecified atom stereocenters. The van der Waals surface area contributed by atoms with E-state index in [1.54, 1.807) is 0 Å². The Bertz CT molecular complexity index is 2240. The maximum absolute atomic E-state index is 5.19. The molecule has 0 radical (unpaired) electrons. The Labute approximate surface area is 267 Å². The van der Waals surface area contributed by atoms with Crippen LogP contribution in [0.2, 0.25) is 0 Å². The summed E-state index contributed by atoms with van der Waals surface area (Å²) < 4.78 is 2.53. The van der Waals surface area contributed by atoms with Gasteiger partial charge < -0.3 is 4.57 Å². The van der Waals surface area contributed by atoms with Crippen LogP contribution in [-0.4, -0.2) is 19.5 Å². The zero-order valence-corrected chi connectivity index (χ0v) is 25.0. The van der Waals surface area contributed by atoms with Crippen molar-refractivity contribution in [1.29, 1.82) is 0 Å². The van der Waals surface area contributed by atoms with Crippen LogP contribution in [0.5, 0.6) is 0 Å². The number of aromatic nitrogens is 4. The Balaban J connectivity index is 1.37. The van der Waals surface area contributed by atoms with E-state index in [0.29, 0.717) is 17.6 Å². The maximum atomic E-state index is 5.19.